The van der Waals surface area contributed by atoms with Crippen molar-refractivity contribution in [1.29, 1.82) is 0 Å². The number of hydrogen-bond acceptors (Lipinski definition) is 5. The molecule has 6 heteroatoms. The number of hydrogen-bond donors (Lipinski definition) is 0. The zero-order chi connectivity index (χ0) is 20.2. The summed E-state index contributed by atoms with van der Waals surface area (Å²) in [5.41, 5.74) is 1.87. The normalized spacial score (nSPS) is 17.6. The number of nitrogens with zero attached hydrogens (tertiary/aromatic N) is 3. The minimum atomic E-state index is -0.304. The van der Waals surface area contributed by atoms with Gasteiger partial charge in [0.25, 0.3) is 0 Å². The predicted molar refractivity (Wildman–Crippen MR) is 109 cm³/mol. The molecule has 0 spiro atoms. The largest absolute Gasteiger partial charge is 0.491 e. The molecule has 0 aliphatic carbocycles. The molecule has 1 fully saturated rings. The standard InChI is InChI=1S/C23H26FN3O2/c1-16(2)28-21-10-3-6-17(12-21)14-27-11-5-8-19(15-27)23-25-22(26-29-23)18-7-4-9-20(24)13-18/h3-4,6-7,9-10,12-13,16,19H,5,8,11,14-15H2,1-2H3. The van der Waals surface area contributed by atoms with E-state index in [0.717, 1.165) is 38.2 Å². The molecule has 1 unspecified atom stereocenters. The maximum absolute atomic E-state index is 13.5. The third-order valence-corrected chi connectivity index (χ3v) is 5.06. The van der Waals surface area contributed by atoms with Crippen LogP contribution < -0.4 is 4.74 Å². The molecular weight excluding hydrogens is 369 g/mol. The molecular formula is C23H26FN3O2. The highest BCUT2D eigenvalue weighted by atomic mass is 19.1. The quantitative estimate of drug-likeness (QED) is 0.585. The highest BCUT2D eigenvalue weighted by Gasteiger charge is 2.26. The van der Waals surface area contributed by atoms with Gasteiger partial charge in [-0.15, -0.1) is 0 Å². The van der Waals surface area contributed by atoms with Crippen LogP contribution in [-0.4, -0.2) is 34.2 Å². The average Bonchev–Trinajstić information content (AvgIpc) is 3.18. The first kappa shape index (κ1) is 19.6. The maximum atomic E-state index is 13.5. The van der Waals surface area contributed by atoms with Gasteiger partial charge in [-0.25, -0.2) is 4.39 Å². The smallest absolute Gasteiger partial charge is 0.231 e. The molecule has 1 atom stereocenters. The maximum Gasteiger partial charge on any atom is 0.231 e. The molecule has 2 heterocycles. The fourth-order valence-electron chi connectivity index (χ4n) is 3.79. The lowest BCUT2D eigenvalue weighted by Crippen LogP contribution is -2.34. The average molecular weight is 395 g/mol. The number of halogens is 1. The fourth-order valence-corrected chi connectivity index (χ4v) is 3.79. The topological polar surface area (TPSA) is 51.4 Å². The number of likely N-dealkylation sites (tertiary alicyclic amines) is 1. The molecule has 152 valence electrons. The highest BCUT2D eigenvalue weighted by molar-refractivity contribution is 5.53. The van der Waals surface area contributed by atoms with Gasteiger partial charge < -0.3 is 9.26 Å². The lowest BCUT2D eigenvalue weighted by Gasteiger charge is -2.31. The summed E-state index contributed by atoms with van der Waals surface area (Å²) in [6.07, 6.45) is 2.25. The van der Waals surface area contributed by atoms with E-state index in [1.807, 2.05) is 26.0 Å². The molecule has 5 nitrogen and oxygen atoms in total. The number of rotatable bonds is 6. The van der Waals surface area contributed by atoms with Gasteiger partial charge in [0.2, 0.25) is 11.7 Å². The monoisotopic (exact) mass is 395 g/mol. The molecule has 0 radical (unpaired) electrons. The third-order valence-electron chi connectivity index (χ3n) is 5.06. The van der Waals surface area contributed by atoms with Gasteiger partial charge in [-0.05, 0) is 63.1 Å². The molecule has 0 bridgehead atoms. The van der Waals surface area contributed by atoms with Crippen molar-refractivity contribution in [2.75, 3.05) is 13.1 Å². The number of aromatic nitrogens is 2. The minimum Gasteiger partial charge on any atom is -0.491 e. The second kappa shape index (κ2) is 8.74. The van der Waals surface area contributed by atoms with Crippen molar-refractivity contribution in [3.05, 3.63) is 65.8 Å². The lowest BCUT2D eigenvalue weighted by atomic mass is 9.97. The summed E-state index contributed by atoms with van der Waals surface area (Å²) < 4.78 is 24.8. The number of benzene rings is 2. The second-order valence-corrected chi connectivity index (χ2v) is 7.85. The summed E-state index contributed by atoms with van der Waals surface area (Å²) in [7, 11) is 0. The zero-order valence-corrected chi connectivity index (χ0v) is 16.8. The van der Waals surface area contributed by atoms with Crippen LogP contribution in [0.4, 0.5) is 4.39 Å². The van der Waals surface area contributed by atoms with Gasteiger partial charge in [-0.3, -0.25) is 4.90 Å². The Hall–Kier alpha value is -2.73. The summed E-state index contributed by atoms with van der Waals surface area (Å²) in [5.74, 6) is 1.86. The van der Waals surface area contributed by atoms with Crippen molar-refractivity contribution in [3.8, 4) is 17.1 Å². The van der Waals surface area contributed by atoms with Crippen molar-refractivity contribution in [3.63, 3.8) is 0 Å². The van der Waals surface area contributed by atoms with Crippen molar-refractivity contribution in [2.24, 2.45) is 0 Å². The summed E-state index contributed by atoms with van der Waals surface area (Å²) in [5, 5.41) is 4.06. The summed E-state index contributed by atoms with van der Waals surface area (Å²) in [4.78, 5) is 6.95. The second-order valence-electron chi connectivity index (χ2n) is 7.85. The van der Waals surface area contributed by atoms with Crippen LogP contribution in [0.1, 0.15) is 44.1 Å². The Morgan fingerprint density at radius 2 is 2.07 bits per heavy atom. The Labute approximate surface area is 170 Å². The van der Waals surface area contributed by atoms with E-state index in [0.29, 0.717) is 17.3 Å². The van der Waals surface area contributed by atoms with Gasteiger partial charge in [0.15, 0.2) is 0 Å². The van der Waals surface area contributed by atoms with Crippen LogP contribution in [0.15, 0.2) is 53.1 Å². The SMILES string of the molecule is CC(C)Oc1cccc(CN2CCCC(c3nc(-c4cccc(F)c4)no3)C2)c1. The molecule has 1 saturated heterocycles. The molecule has 0 N–H and O–H groups in total. The van der Waals surface area contributed by atoms with E-state index in [-0.39, 0.29) is 17.8 Å². The Kier molecular flexibility index (Phi) is 5.90. The van der Waals surface area contributed by atoms with E-state index in [1.54, 1.807) is 12.1 Å². The number of ether oxygens (including phenoxy) is 1. The van der Waals surface area contributed by atoms with E-state index in [1.165, 1.54) is 17.7 Å². The number of piperidine rings is 1. The summed E-state index contributed by atoms with van der Waals surface area (Å²) in [6, 6.07) is 14.5. The zero-order valence-electron chi connectivity index (χ0n) is 16.8. The fraction of sp³-hybridized carbons (Fsp3) is 0.391. The van der Waals surface area contributed by atoms with Crippen molar-refractivity contribution in [1.82, 2.24) is 15.0 Å². The predicted octanol–water partition coefficient (Wildman–Crippen LogP) is 5.04. The molecule has 4 rings (SSSR count). The van der Waals surface area contributed by atoms with Gasteiger partial charge in [-0.2, -0.15) is 4.98 Å². The van der Waals surface area contributed by atoms with Crippen molar-refractivity contribution >= 4 is 0 Å². The minimum absolute atomic E-state index is 0.162. The van der Waals surface area contributed by atoms with Gasteiger partial charge in [0.05, 0.1) is 12.0 Å². The summed E-state index contributed by atoms with van der Waals surface area (Å²) in [6.45, 7) is 6.82. The van der Waals surface area contributed by atoms with Crippen LogP contribution in [-0.2, 0) is 6.54 Å². The first-order valence-corrected chi connectivity index (χ1v) is 10.1. The lowest BCUT2D eigenvalue weighted by molar-refractivity contribution is 0.180. The molecule has 1 aliphatic heterocycles. The molecule has 1 aliphatic rings. The van der Waals surface area contributed by atoms with Crippen molar-refractivity contribution in [2.45, 2.75) is 45.3 Å². The van der Waals surface area contributed by atoms with E-state index in [9.17, 15) is 4.39 Å². The van der Waals surface area contributed by atoms with Crippen LogP contribution in [0.2, 0.25) is 0 Å². The van der Waals surface area contributed by atoms with Crippen molar-refractivity contribution < 1.29 is 13.7 Å². The Morgan fingerprint density at radius 1 is 1.21 bits per heavy atom. The highest BCUT2D eigenvalue weighted by Crippen LogP contribution is 2.29. The van der Waals surface area contributed by atoms with E-state index >= 15 is 0 Å². The van der Waals surface area contributed by atoms with Gasteiger partial charge in [0.1, 0.15) is 11.6 Å². The molecule has 1 aromatic heterocycles. The van der Waals surface area contributed by atoms with E-state index < -0.39 is 0 Å². The Balaban J connectivity index is 1.42. The van der Waals surface area contributed by atoms with Gasteiger partial charge in [-0.1, -0.05) is 29.4 Å². The molecule has 2 aromatic carbocycles. The van der Waals surface area contributed by atoms with Gasteiger partial charge >= 0.3 is 0 Å². The third kappa shape index (κ3) is 5.01. The Morgan fingerprint density at radius 3 is 2.90 bits per heavy atom. The summed E-state index contributed by atoms with van der Waals surface area (Å²) >= 11 is 0. The van der Waals surface area contributed by atoms with Crippen LogP contribution in [0.3, 0.4) is 0 Å². The first-order chi connectivity index (χ1) is 14.1. The van der Waals surface area contributed by atoms with Crippen LogP contribution in [0.25, 0.3) is 11.4 Å². The van der Waals surface area contributed by atoms with E-state index in [4.69, 9.17) is 9.26 Å². The molecule has 0 saturated carbocycles. The molecule has 3 aromatic rings. The van der Waals surface area contributed by atoms with Crippen LogP contribution >= 0.6 is 0 Å². The molecule has 29 heavy (non-hydrogen) atoms. The first-order valence-electron chi connectivity index (χ1n) is 10.1. The Bertz CT molecular complexity index is 957. The van der Waals surface area contributed by atoms with Crippen LogP contribution in [0, 0.1) is 5.82 Å². The molecule has 0 amide bonds. The van der Waals surface area contributed by atoms with E-state index in [2.05, 4.69) is 27.2 Å². The van der Waals surface area contributed by atoms with Gasteiger partial charge in [0, 0.05) is 18.7 Å². The van der Waals surface area contributed by atoms with Crippen LogP contribution in [0.5, 0.6) is 5.75 Å².